The minimum Gasteiger partial charge on any atom is -0.390 e. The molecule has 9 nitrogen and oxygen atoms in total. The second-order valence-corrected chi connectivity index (χ2v) is 11.9. The Morgan fingerprint density at radius 1 is 1.23 bits per heavy atom. The van der Waals surface area contributed by atoms with Gasteiger partial charge in [0.1, 0.15) is 16.5 Å². The maximum atomic E-state index is 10.2. The molecule has 0 radical (unpaired) electrons. The van der Waals surface area contributed by atoms with E-state index in [1.807, 2.05) is 19.9 Å². The summed E-state index contributed by atoms with van der Waals surface area (Å²) in [5.41, 5.74) is 6.20. The molecule has 3 aliphatic rings. The average molecular weight is 521 g/mol. The van der Waals surface area contributed by atoms with Crippen molar-refractivity contribution in [2.75, 3.05) is 49.2 Å². The van der Waals surface area contributed by atoms with Crippen LogP contribution in [-0.2, 0) is 11.3 Å². The van der Waals surface area contributed by atoms with E-state index in [0.717, 1.165) is 43.3 Å². The van der Waals surface area contributed by atoms with Gasteiger partial charge in [-0.1, -0.05) is 23.4 Å². The van der Waals surface area contributed by atoms with E-state index in [4.69, 9.17) is 27.1 Å². The molecule has 1 spiro atoms. The van der Waals surface area contributed by atoms with Crippen molar-refractivity contribution in [1.82, 2.24) is 15.0 Å². The summed E-state index contributed by atoms with van der Waals surface area (Å²) in [5.74, 6) is 1.61. The third-order valence-electron chi connectivity index (χ3n) is 7.71. The molecule has 4 N–H and O–H groups in total. The molecule has 2 aromatic rings. The summed E-state index contributed by atoms with van der Waals surface area (Å²) in [5, 5.41) is 21.5. The quantitative estimate of drug-likeness (QED) is 0.523. The number of nitrogens with zero attached hydrogens (tertiary/aromatic N) is 5. The number of piperidine rings is 1. The minimum absolute atomic E-state index is 0.0539. The van der Waals surface area contributed by atoms with Gasteiger partial charge in [0.2, 0.25) is 0 Å². The molecule has 0 bridgehead atoms. The zero-order chi connectivity index (χ0) is 24.8. The third-order valence-corrected chi connectivity index (χ3v) is 9.16. The third kappa shape index (κ3) is 4.84. The van der Waals surface area contributed by atoms with Gasteiger partial charge in [-0.3, -0.25) is 0 Å². The lowest BCUT2D eigenvalue weighted by atomic mass is 9.75. The molecule has 190 valence electrons. The van der Waals surface area contributed by atoms with Crippen molar-refractivity contribution in [2.45, 2.75) is 54.9 Å². The molecule has 3 aliphatic heterocycles. The molecule has 3 saturated heterocycles. The summed E-state index contributed by atoms with van der Waals surface area (Å²) in [6.45, 7) is 7.87. The Morgan fingerprint density at radius 2 is 1.97 bits per heavy atom. The van der Waals surface area contributed by atoms with Crippen LogP contribution in [0.3, 0.4) is 0 Å². The van der Waals surface area contributed by atoms with E-state index in [-0.39, 0.29) is 24.0 Å². The highest BCUT2D eigenvalue weighted by molar-refractivity contribution is 7.99. The molecule has 11 heteroatoms. The first kappa shape index (κ1) is 25.0. The molecule has 5 rings (SSSR count). The Balaban J connectivity index is 1.28. The molecule has 3 fully saturated rings. The Kier molecular flexibility index (Phi) is 6.88. The first-order chi connectivity index (χ1) is 16.7. The van der Waals surface area contributed by atoms with Gasteiger partial charge in [-0.15, -0.1) is 0 Å². The molecule has 2 aromatic heterocycles. The van der Waals surface area contributed by atoms with Crippen LogP contribution in [0.15, 0.2) is 28.4 Å². The van der Waals surface area contributed by atoms with Crippen molar-refractivity contribution in [2.24, 2.45) is 17.1 Å². The van der Waals surface area contributed by atoms with Gasteiger partial charge in [-0.05, 0) is 32.8 Å². The summed E-state index contributed by atoms with van der Waals surface area (Å²) in [6, 6.07) is 1.94. The summed E-state index contributed by atoms with van der Waals surface area (Å²) < 4.78 is 5.63. The number of hydrogen-bond acceptors (Lipinski definition) is 10. The van der Waals surface area contributed by atoms with Gasteiger partial charge in [0, 0.05) is 54.6 Å². The van der Waals surface area contributed by atoms with E-state index < -0.39 is 5.60 Å². The number of halogens is 1. The van der Waals surface area contributed by atoms with E-state index in [9.17, 15) is 10.2 Å². The maximum absolute atomic E-state index is 10.2. The van der Waals surface area contributed by atoms with Crippen molar-refractivity contribution in [1.29, 1.82) is 0 Å². The predicted octanol–water partition coefficient (Wildman–Crippen LogP) is 2.32. The topological polar surface area (TPSA) is 121 Å². The van der Waals surface area contributed by atoms with E-state index in [0.29, 0.717) is 41.3 Å². The molecule has 5 heterocycles. The van der Waals surface area contributed by atoms with E-state index in [1.54, 1.807) is 12.4 Å². The summed E-state index contributed by atoms with van der Waals surface area (Å²) in [7, 11) is 0. The van der Waals surface area contributed by atoms with Crippen LogP contribution in [0, 0.1) is 11.3 Å². The van der Waals surface area contributed by atoms with Gasteiger partial charge >= 0.3 is 0 Å². The molecule has 1 unspecified atom stereocenters. The van der Waals surface area contributed by atoms with Crippen molar-refractivity contribution < 1.29 is 14.9 Å². The molecule has 0 amide bonds. The van der Waals surface area contributed by atoms with Crippen LogP contribution in [0.4, 0.5) is 11.6 Å². The smallest absolute Gasteiger partial charge is 0.152 e. The molecule has 35 heavy (non-hydrogen) atoms. The van der Waals surface area contributed by atoms with Gasteiger partial charge < -0.3 is 30.5 Å². The molecule has 0 aliphatic carbocycles. The number of pyridine rings is 1. The van der Waals surface area contributed by atoms with Gasteiger partial charge in [-0.2, -0.15) is 0 Å². The van der Waals surface area contributed by atoms with Gasteiger partial charge in [0.05, 0.1) is 36.6 Å². The largest absolute Gasteiger partial charge is 0.390 e. The van der Waals surface area contributed by atoms with Crippen molar-refractivity contribution in [3.8, 4) is 0 Å². The zero-order valence-corrected chi connectivity index (χ0v) is 21.7. The molecule has 1 atom stereocenters. The number of nitrogens with two attached hydrogens (primary N) is 1. The van der Waals surface area contributed by atoms with Crippen molar-refractivity contribution in [3.05, 3.63) is 29.2 Å². The number of ether oxygens (including phenoxy) is 1. The number of rotatable bonds is 6. The summed E-state index contributed by atoms with van der Waals surface area (Å²) in [4.78, 5) is 18.9. The lowest BCUT2D eigenvalue weighted by Crippen LogP contribution is -2.56. The van der Waals surface area contributed by atoms with E-state index in [1.165, 1.54) is 11.8 Å². The molecule has 0 saturated carbocycles. The lowest BCUT2D eigenvalue weighted by Gasteiger charge is -2.46. The highest BCUT2D eigenvalue weighted by atomic mass is 35.5. The van der Waals surface area contributed by atoms with Crippen LogP contribution in [0.2, 0.25) is 5.02 Å². The average Bonchev–Trinajstić information content (AvgIpc) is 3.14. The fourth-order valence-corrected chi connectivity index (χ4v) is 6.24. The van der Waals surface area contributed by atoms with Crippen LogP contribution >= 0.6 is 23.4 Å². The number of aliphatic hydroxyl groups excluding tert-OH is 1. The molecule has 0 aromatic carbocycles. The summed E-state index contributed by atoms with van der Waals surface area (Å²) >= 11 is 8.12. The number of hydrogen-bond donors (Lipinski definition) is 3. The van der Waals surface area contributed by atoms with Gasteiger partial charge in [-0.25, -0.2) is 15.0 Å². The fourth-order valence-electron chi connectivity index (χ4n) is 5.10. The molecular formula is C24H33ClN6O3S. The van der Waals surface area contributed by atoms with Crippen LogP contribution in [-0.4, -0.2) is 76.2 Å². The Labute approximate surface area is 215 Å². The fraction of sp³-hybridized carbons (Fsp3) is 0.625. The Bertz CT molecular complexity index is 1070. The Hall–Kier alpha value is -1.69. The van der Waals surface area contributed by atoms with E-state index >= 15 is 0 Å². The van der Waals surface area contributed by atoms with Crippen LogP contribution in [0.5, 0.6) is 0 Å². The number of aliphatic hydroxyl groups is 2. The Morgan fingerprint density at radius 3 is 2.60 bits per heavy atom. The van der Waals surface area contributed by atoms with Crippen LogP contribution < -0.4 is 15.5 Å². The normalized spacial score (nSPS) is 22.6. The number of anilines is 2. The van der Waals surface area contributed by atoms with Crippen molar-refractivity contribution >= 4 is 35.0 Å². The van der Waals surface area contributed by atoms with Crippen LogP contribution in [0.1, 0.15) is 32.4 Å². The molecular weight excluding hydrogens is 488 g/mol. The van der Waals surface area contributed by atoms with Crippen LogP contribution in [0.25, 0.3) is 0 Å². The highest BCUT2D eigenvalue weighted by Crippen LogP contribution is 2.42. The predicted molar refractivity (Wildman–Crippen MR) is 136 cm³/mol. The zero-order valence-electron chi connectivity index (χ0n) is 20.2. The first-order valence-electron chi connectivity index (χ1n) is 12.0. The maximum Gasteiger partial charge on any atom is 0.152 e. The summed E-state index contributed by atoms with van der Waals surface area (Å²) in [6.07, 6.45) is 5.35. The van der Waals surface area contributed by atoms with E-state index in [2.05, 4.69) is 19.8 Å². The lowest BCUT2D eigenvalue weighted by molar-refractivity contribution is 0.00438. The second kappa shape index (κ2) is 9.64. The standard InChI is InChI=1S/C24H33ClN6O3S/c1-23(2,33)15-10-31(11-15)22-20(25)17(3-6-27-22)35-19-9-28-21(16(12-32)29-19)30-7-4-24(5-8-30)14-34-13-18(24)26/h3,6,9,15,18,32-33H,4-5,7-8,10-14,26H2,1-2H3. The second-order valence-electron chi connectivity index (χ2n) is 10.4. The van der Waals surface area contributed by atoms with Crippen molar-refractivity contribution in [3.63, 3.8) is 0 Å². The van der Waals surface area contributed by atoms with Gasteiger partial charge in [0.25, 0.3) is 0 Å². The highest BCUT2D eigenvalue weighted by Gasteiger charge is 2.44. The monoisotopic (exact) mass is 520 g/mol. The van der Waals surface area contributed by atoms with Gasteiger partial charge in [0.15, 0.2) is 5.82 Å². The minimum atomic E-state index is -0.723. The number of aromatic nitrogens is 3. The first-order valence-corrected chi connectivity index (χ1v) is 13.2. The SMILES string of the molecule is CC(C)(O)C1CN(c2nccc(Sc3cnc(N4CCC5(CC4)COCC5N)c(CO)n3)c2Cl)C1.